The van der Waals surface area contributed by atoms with Crippen molar-refractivity contribution in [2.24, 2.45) is 16.6 Å². The Balaban J connectivity index is 2.00. The number of rotatable bonds is 5. The van der Waals surface area contributed by atoms with Crippen LogP contribution in [-0.2, 0) is 36.8 Å². The highest BCUT2D eigenvalue weighted by Crippen LogP contribution is 2.63. The number of primary amides is 1. The number of likely N-dealkylation sites (N-methyl/N-ethyl adjacent to an activating group) is 1. The molecule has 1 fully saturated rings. The van der Waals surface area contributed by atoms with Gasteiger partial charge in [-0.25, -0.2) is 0 Å². The molecule has 0 saturated heterocycles. The van der Waals surface area contributed by atoms with Gasteiger partial charge in [0.1, 0.15) is 22.8 Å². The first-order chi connectivity index (χ1) is 17.6. The molecule has 38 heavy (non-hydrogen) atoms. The molecule has 0 unspecified atom stereocenters. The van der Waals surface area contributed by atoms with E-state index in [0.29, 0.717) is 11.1 Å². The molecule has 1 amide bonds. The fourth-order valence-electron chi connectivity index (χ4n) is 6.96. The maximum absolute atomic E-state index is 14.2. The van der Waals surface area contributed by atoms with Gasteiger partial charge in [-0.2, -0.15) is 0 Å². The Kier molecular flexibility index (Phi) is 6.24. The fraction of sp³-hybridized carbons (Fsp3) is 0.481. The summed E-state index contributed by atoms with van der Waals surface area (Å²) in [6.45, 7) is 3.18. The predicted molar refractivity (Wildman–Crippen MR) is 134 cm³/mol. The second-order valence-electron chi connectivity index (χ2n) is 11.1. The molecule has 1 aromatic rings. The summed E-state index contributed by atoms with van der Waals surface area (Å²) in [5, 5.41) is 45.1. The third kappa shape index (κ3) is 3.41. The number of carbonyl (C=O) groups is 4. The first-order valence-corrected chi connectivity index (χ1v) is 12.1. The summed E-state index contributed by atoms with van der Waals surface area (Å²) in [5.41, 5.74) is -0.166. The molecule has 0 aromatic heterocycles. The highest BCUT2D eigenvalue weighted by Gasteiger charge is 2.72. The zero-order valence-corrected chi connectivity index (χ0v) is 21.9. The standard InChI is InChI=1S/C27H32N2O9/c1-25-10-13-12(7-9-15(31)38-5)6-8-14(30)16(13)19(32)18(25)23(35)27(37)22(34)17(24(28)36)20(33)21(29(3)4)26(27,2)11-25/h6,8,21,30,32,34,37H,7,9-11H2,1-5H3,(H2,28,36)/t21-,25+,26+,27-/m1/s1. The Morgan fingerprint density at radius 1 is 1.16 bits per heavy atom. The number of aryl methyl sites for hydroxylation is 1. The molecule has 0 spiro atoms. The van der Waals surface area contributed by atoms with Crippen molar-refractivity contribution in [2.75, 3.05) is 21.2 Å². The molecule has 4 rings (SSSR count). The van der Waals surface area contributed by atoms with E-state index >= 15 is 0 Å². The number of hydrogen-bond donors (Lipinski definition) is 5. The number of aliphatic hydroxyl groups excluding tert-OH is 2. The Morgan fingerprint density at radius 2 is 1.79 bits per heavy atom. The molecule has 6 N–H and O–H groups in total. The summed E-state index contributed by atoms with van der Waals surface area (Å²) in [7, 11) is 4.36. The molecule has 4 atom stereocenters. The Bertz CT molecular complexity index is 1360. The van der Waals surface area contributed by atoms with Crippen LogP contribution in [-0.4, -0.2) is 81.6 Å². The van der Waals surface area contributed by atoms with Crippen LogP contribution in [0.2, 0.25) is 0 Å². The van der Waals surface area contributed by atoms with Crippen molar-refractivity contribution in [3.05, 3.63) is 45.7 Å². The van der Waals surface area contributed by atoms with E-state index in [-0.39, 0.29) is 42.6 Å². The van der Waals surface area contributed by atoms with Gasteiger partial charge < -0.3 is 30.9 Å². The highest BCUT2D eigenvalue weighted by atomic mass is 16.5. The Labute approximate surface area is 219 Å². The Morgan fingerprint density at radius 3 is 2.34 bits per heavy atom. The second kappa shape index (κ2) is 8.67. The lowest BCUT2D eigenvalue weighted by Crippen LogP contribution is -2.72. The van der Waals surface area contributed by atoms with E-state index in [1.54, 1.807) is 27.1 Å². The van der Waals surface area contributed by atoms with Gasteiger partial charge in [0.05, 0.1) is 18.7 Å². The van der Waals surface area contributed by atoms with E-state index in [2.05, 4.69) is 0 Å². The van der Waals surface area contributed by atoms with Crippen LogP contribution in [0, 0.1) is 10.8 Å². The molecule has 0 bridgehead atoms. The van der Waals surface area contributed by atoms with Crippen molar-refractivity contribution in [1.82, 2.24) is 4.90 Å². The number of aromatic hydroxyl groups is 1. The van der Waals surface area contributed by atoms with Gasteiger partial charge in [-0.1, -0.05) is 19.9 Å². The molecule has 11 heteroatoms. The number of ether oxygens (including phenoxy) is 1. The topological polar surface area (TPSA) is 188 Å². The largest absolute Gasteiger partial charge is 0.508 e. The third-order valence-electron chi connectivity index (χ3n) is 8.44. The number of benzene rings is 1. The number of carbonyl (C=O) groups excluding carboxylic acids is 4. The number of nitrogens with two attached hydrogens (primary N) is 1. The summed E-state index contributed by atoms with van der Waals surface area (Å²) >= 11 is 0. The zero-order chi connectivity index (χ0) is 28.5. The molecular formula is C27H32N2O9. The summed E-state index contributed by atoms with van der Waals surface area (Å²) in [5.74, 6) is -5.70. The van der Waals surface area contributed by atoms with Crippen molar-refractivity contribution < 1.29 is 44.3 Å². The van der Waals surface area contributed by atoms with E-state index in [1.807, 2.05) is 0 Å². The molecule has 1 aromatic carbocycles. The second-order valence-corrected chi connectivity index (χ2v) is 11.1. The minimum absolute atomic E-state index is 0.0185. The van der Waals surface area contributed by atoms with Crippen LogP contribution in [0.4, 0.5) is 0 Å². The lowest BCUT2D eigenvalue weighted by molar-refractivity contribution is -0.176. The first-order valence-electron chi connectivity index (χ1n) is 12.1. The molecule has 1 saturated carbocycles. The molecule has 11 nitrogen and oxygen atoms in total. The lowest BCUT2D eigenvalue weighted by atomic mass is 9.46. The van der Waals surface area contributed by atoms with Crippen LogP contribution in [0.3, 0.4) is 0 Å². The number of aliphatic hydroxyl groups is 3. The quantitative estimate of drug-likeness (QED) is 0.271. The molecule has 204 valence electrons. The van der Waals surface area contributed by atoms with Gasteiger partial charge in [0, 0.05) is 22.8 Å². The maximum Gasteiger partial charge on any atom is 0.305 e. The van der Waals surface area contributed by atoms with Gasteiger partial charge in [0.25, 0.3) is 5.91 Å². The minimum atomic E-state index is -2.77. The molecule has 0 heterocycles. The van der Waals surface area contributed by atoms with Crippen LogP contribution in [0.15, 0.2) is 29.0 Å². The van der Waals surface area contributed by atoms with Crippen molar-refractivity contribution in [2.45, 2.75) is 51.2 Å². The first kappa shape index (κ1) is 27.3. The predicted octanol–water partition coefficient (Wildman–Crippen LogP) is 0.850. The Hall–Kier alpha value is -3.70. The number of hydrogen-bond acceptors (Lipinski definition) is 10. The van der Waals surface area contributed by atoms with E-state index in [0.717, 1.165) is 0 Å². The van der Waals surface area contributed by atoms with E-state index < -0.39 is 63.0 Å². The monoisotopic (exact) mass is 528 g/mol. The summed E-state index contributed by atoms with van der Waals surface area (Å²) in [6.07, 6.45) is 0.334. The summed E-state index contributed by atoms with van der Waals surface area (Å²) in [6, 6.07) is 1.74. The van der Waals surface area contributed by atoms with Crippen molar-refractivity contribution in [3.63, 3.8) is 0 Å². The minimum Gasteiger partial charge on any atom is -0.508 e. The molecule has 3 aliphatic rings. The van der Waals surface area contributed by atoms with Crippen LogP contribution in [0.25, 0.3) is 5.76 Å². The van der Waals surface area contributed by atoms with Crippen LogP contribution in [0.1, 0.15) is 43.4 Å². The van der Waals surface area contributed by atoms with Crippen molar-refractivity contribution in [3.8, 4) is 5.75 Å². The van der Waals surface area contributed by atoms with Crippen LogP contribution >= 0.6 is 0 Å². The van der Waals surface area contributed by atoms with E-state index in [9.17, 15) is 39.6 Å². The number of fused-ring (bicyclic) bond motifs is 3. The number of Topliss-reactive ketones (excluding diaryl/α,β-unsaturated/α-hetero) is 2. The average molecular weight is 529 g/mol. The third-order valence-corrected chi connectivity index (χ3v) is 8.44. The summed E-state index contributed by atoms with van der Waals surface area (Å²) < 4.78 is 4.73. The number of phenolic OH excluding ortho intramolecular Hbond substituents is 1. The maximum atomic E-state index is 14.2. The number of amides is 1. The number of methoxy groups -OCH3 is 1. The van der Waals surface area contributed by atoms with Gasteiger partial charge in [-0.05, 0) is 50.6 Å². The number of nitrogens with zero attached hydrogens (tertiary/aromatic N) is 1. The number of ketones is 2. The van der Waals surface area contributed by atoms with Gasteiger partial charge in [-0.3, -0.25) is 24.1 Å². The van der Waals surface area contributed by atoms with Crippen molar-refractivity contribution >= 4 is 29.2 Å². The van der Waals surface area contributed by atoms with Crippen LogP contribution < -0.4 is 5.73 Å². The molecule has 0 aliphatic heterocycles. The van der Waals surface area contributed by atoms with Gasteiger partial charge in [-0.15, -0.1) is 0 Å². The highest BCUT2D eigenvalue weighted by molar-refractivity contribution is 6.25. The SMILES string of the molecule is COC(=O)CCc1ccc(O)c2c1C[C@@]1(C)C[C@@]3(C)[C@H](N(C)C)C(=O)C(C(N)=O)=C(O)[C@@]3(O)C(=O)C1=C2O. The average Bonchev–Trinajstić information content (AvgIpc) is 2.80. The smallest absolute Gasteiger partial charge is 0.305 e. The van der Waals surface area contributed by atoms with Gasteiger partial charge in [0.15, 0.2) is 11.4 Å². The summed E-state index contributed by atoms with van der Waals surface area (Å²) in [4.78, 5) is 53.0. The zero-order valence-electron chi connectivity index (χ0n) is 21.9. The molecule has 3 aliphatic carbocycles. The molecule has 0 radical (unpaired) electrons. The lowest BCUT2D eigenvalue weighted by Gasteiger charge is -2.59. The van der Waals surface area contributed by atoms with Crippen LogP contribution in [0.5, 0.6) is 5.75 Å². The number of esters is 1. The van der Waals surface area contributed by atoms with E-state index in [1.165, 1.54) is 25.0 Å². The molecular weight excluding hydrogens is 496 g/mol. The van der Waals surface area contributed by atoms with Gasteiger partial charge in [0.2, 0.25) is 5.78 Å². The normalized spacial score (nSPS) is 30.7. The van der Waals surface area contributed by atoms with Gasteiger partial charge >= 0.3 is 5.97 Å². The fourth-order valence-corrected chi connectivity index (χ4v) is 6.96. The van der Waals surface area contributed by atoms with E-state index in [4.69, 9.17) is 10.5 Å². The van der Waals surface area contributed by atoms with Crippen molar-refractivity contribution in [1.29, 1.82) is 0 Å². The number of phenols is 1.